The lowest BCUT2D eigenvalue weighted by Gasteiger charge is -2.31. The molecular weight excluding hydrogens is 120 g/mol. The summed E-state index contributed by atoms with van der Waals surface area (Å²) in [5, 5.41) is 0. The molecule has 0 N–H and O–H groups in total. The highest BCUT2D eigenvalue weighted by molar-refractivity contribution is 4.87. The van der Waals surface area contributed by atoms with Gasteiger partial charge in [-0.2, -0.15) is 0 Å². The maximum Gasteiger partial charge on any atom is -0.0357 e. The minimum absolute atomic E-state index is 0.807. The van der Waals surface area contributed by atoms with Gasteiger partial charge in [-0.1, -0.05) is 32.1 Å². The number of hydrogen-bond acceptors (Lipinski definition) is 0. The summed E-state index contributed by atoms with van der Waals surface area (Å²) in [6.07, 6.45) is 8.85. The molecule has 10 heavy (non-hydrogen) atoms. The first-order valence-electron chi connectivity index (χ1n) is 4.71. The highest BCUT2D eigenvalue weighted by atomic mass is 14.4. The molecule has 2 saturated carbocycles. The first-order chi connectivity index (χ1) is 4.88. The monoisotopic (exact) mass is 137 g/mol. The average molecular weight is 137 g/mol. The Morgan fingerprint density at radius 2 is 1.60 bits per heavy atom. The summed E-state index contributed by atoms with van der Waals surface area (Å²) in [6.45, 7) is 4.24. The molecule has 0 amide bonds. The predicted molar refractivity (Wildman–Crippen MR) is 43.5 cm³/mol. The topological polar surface area (TPSA) is 0 Å². The lowest BCUT2D eigenvalue weighted by atomic mass is 9.75. The third kappa shape index (κ3) is 0.980. The Morgan fingerprint density at radius 3 is 2.30 bits per heavy atom. The molecule has 0 aliphatic heterocycles. The van der Waals surface area contributed by atoms with Gasteiger partial charge in [-0.25, -0.2) is 0 Å². The van der Waals surface area contributed by atoms with E-state index in [2.05, 4.69) is 6.92 Å². The van der Waals surface area contributed by atoms with Crippen LogP contribution in [-0.2, 0) is 0 Å². The van der Waals surface area contributed by atoms with Gasteiger partial charge in [-0.05, 0) is 31.1 Å². The molecule has 3 atom stereocenters. The van der Waals surface area contributed by atoms with Gasteiger partial charge in [-0.15, -0.1) is 0 Å². The van der Waals surface area contributed by atoms with Gasteiger partial charge in [0.15, 0.2) is 0 Å². The number of hydrogen-bond donors (Lipinski definition) is 0. The molecule has 2 aliphatic rings. The minimum atomic E-state index is 0.807. The van der Waals surface area contributed by atoms with Crippen LogP contribution in [0.4, 0.5) is 0 Å². The van der Waals surface area contributed by atoms with Crippen molar-refractivity contribution in [3.63, 3.8) is 0 Å². The van der Waals surface area contributed by atoms with E-state index in [1.807, 2.05) is 0 Å². The second-order valence-electron chi connectivity index (χ2n) is 4.05. The highest BCUT2D eigenvalue weighted by Gasteiger charge is 2.33. The quantitative estimate of drug-likeness (QED) is 0.481. The zero-order valence-corrected chi connectivity index (χ0v) is 6.68. The van der Waals surface area contributed by atoms with E-state index < -0.39 is 0 Å². The van der Waals surface area contributed by atoms with Gasteiger partial charge < -0.3 is 0 Å². The summed E-state index contributed by atoms with van der Waals surface area (Å²) in [4.78, 5) is 0. The van der Waals surface area contributed by atoms with Gasteiger partial charge >= 0.3 is 0 Å². The van der Waals surface area contributed by atoms with E-state index in [1.54, 1.807) is 0 Å². The molecule has 57 valence electrons. The van der Waals surface area contributed by atoms with Crippen molar-refractivity contribution >= 4 is 0 Å². The van der Waals surface area contributed by atoms with Gasteiger partial charge in [0.1, 0.15) is 0 Å². The molecule has 3 unspecified atom stereocenters. The summed E-state index contributed by atoms with van der Waals surface area (Å²) in [7, 11) is 0. The molecule has 0 heteroatoms. The molecular formula is C10H17. The Balaban J connectivity index is 2.03. The fourth-order valence-electron chi connectivity index (χ4n) is 2.90. The SMILES string of the molecule is [CH2]C1CCCC2CCCC12. The van der Waals surface area contributed by atoms with Crippen LogP contribution < -0.4 is 0 Å². The second-order valence-corrected chi connectivity index (χ2v) is 4.05. The predicted octanol–water partition coefficient (Wildman–Crippen LogP) is 3.04. The summed E-state index contributed by atoms with van der Waals surface area (Å²) < 4.78 is 0. The summed E-state index contributed by atoms with van der Waals surface area (Å²) in [5.41, 5.74) is 0. The van der Waals surface area contributed by atoms with E-state index >= 15 is 0 Å². The molecule has 0 saturated heterocycles. The Bertz CT molecular complexity index is 117. The standard InChI is InChI=1S/C10H17/c1-8-4-2-5-9-6-3-7-10(8)9/h8-10H,1-7H2. The summed E-state index contributed by atoms with van der Waals surface area (Å²) in [6, 6.07) is 0. The largest absolute Gasteiger partial charge is 0.0528 e. The molecule has 0 bridgehead atoms. The number of fused-ring (bicyclic) bond motifs is 1. The molecule has 1 radical (unpaired) electrons. The fourth-order valence-corrected chi connectivity index (χ4v) is 2.90. The molecule has 0 aromatic rings. The van der Waals surface area contributed by atoms with Crippen LogP contribution in [-0.4, -0.2) is 0 Å². The van der Waals surface area contributed by atoms with Crippen LogP contribution in [0.25, 0.3) is 0 Å². The number of rotatable bonds is 0. The minimum Gasteiger partial charge on any atom is -0.0528 e. The molecule has 0 spiro atoms. The molecule has 0 aromatic heterocycles. The fraction of sp³-hybridized carbons (Fsp3) is 0.900. The van der Waals surface area contributed by atoms with Crippen molar-refractivity contribution in [2.75, 3.05) is 0 Å². The molecule has 2 fully saturated rings. The van der Waals surface area contributed by atoms with Crippen LogP contribution in [0, 0.1) is 24.7 Å². The zero-order valence-electron chi connectivity index (χ0n) is 6.68. The van der Waals surface area contributed by atoms with Crippen LogP contribution in [0.15, 0.2) is 0 Å². The van der Waals surface area contributed by atoms with Crippen molar-refractivity contribution in [3.05, 3.63) is 6.92 Å². The smallest absolute Gasteiger partial charge is 0.0357 e. The van der Waals surface area contributed by atoms with Crippen molar-refractivity contribution in [1.29, 1.82) is 0 Å². The van der Waals surface area contributed by atoms with Gasteiger partial charge in [0.05, 0.1) is 0 Å². The lowest BCUT2D eigenvalue weighted by molar-refractivity contribution is 0.217. The zero-order chi connectivity index (χ0) is 6.97. The summed E-state index contributed by atoms with van der Waals surface area (Å²) in [5.74, 6) is 2.91. The third-order valence-electron chi connectivity index (χ3n) is 3.47. The van der Waals surface area contributed by atoms with E-state index in [9.17, 15) is 0 Å². The van der Waals surface area contributed by atoms with Crippen molar-refractivity contribution in [2.45, 2.75) is 38.5 Å². The van der Waals surface area contributed by atoms with Crippen molar-refractivity contribution in [3.8, 4) is 0 Å². The molecule has 0 aromatic carbocycles. The van der Waals surface area contributed by atoms with E-state index in [-0.39, 0.29) is 0 Å². The Hall–Kier alpha value is 0. The third-order valence-corrected chi connectivity index (χ3v) is 3.47. The van der Waals surface area contributed by atoms with Crippen LogP contribution >= 0.6 is 0 Å². The normalized spacial score (nSPS) is 47.1. The molecule has 0 heterocycles. The molecule has 2 rings (SSSR count). The van der Waals surface area contributed by atoms with E-state index in [1.165, 1.54) is 38.5 Å². The van der Waals surface area contributed by atoms with Gasteiger partial charge in [0, 0.05) is 0 Å². The lowest BCUT2D eigenvalue weighted by Crippen LogP contribution is -2.21. The van der Waals surface area contributed by atoms with Crippen LogP contribution in [0.5, 0.6) is 0 Å². The van der Waals surface area contributed by atoms with Crippen LogP contribution in [0.1, 0.15) is 38.5 Å². The van der Waals surface area contributed by atoms with Gasteiger partial charge in [-0.3, -0.25) is 0 Å². The highest BCUT2D eigenvalue weighted by Crippen LogP contribution is 2.44. The summed E-state index contributed by atoms with van der Waals surface area (Å²) >= 11 is 0. The average Bonchev–Trinajstić information content (AvgIpc) is 2.36. The maximum atomic E-state index is 4.24. The molecule has 2 aliphatic carbocycles. The maximum absolute atomic E-state index is 4.24. The Labute approximate surface area is 64.0 Å². The molecule has 0 nitrogen and oxygen atoms in total. The van der Waals surface area contributed by atoms with E-state index in [0.29, 0.717) is 0 Å². The van der Waals surface area contributed by atoms with E-state index in [0.717, 1.165) is 17.8 Å². The van der Waals surface area contributed by atoms with Crippen molar-refractivity contribution < 1.29 is 0 Å². The van der Waals surface area contributed by atoms with Gasteiger partial charge in [0.25, 0.3) is 0 Å². The van der Waals surface area contributed by atoms with Crippen molar-refractivity contribution in [1.82, 2.24) is 0 Å². The Kier molecular flexibility index (Phi) is 1.71. The van der Waals surface area contributed by atoms with Crippen molar-refractivity contribution in [2.24, 2.45) is 17.8 Å². The van der Waals surface area contributed by atoms with E-state index in [4.69, 9.17) is 0 Å². The first-order valence-corrected chi connectivity index (χ1v) is 4.71. The van der Waals surface area contributed by atoms with Crippen LogP contribution in [0.2, 0.25) is 0 Å². The van der Waals surface area contributed by atoms with Crippen LogP contribution in [0.3, 0.4) is 0 Å². The van der Waals surface area contributed by atoms with Gasteiger partial charge in [0.2, 0.25) is 0 Å². The Morgan fingerprint density at radius 1 is 0.900 bits per heavy atom. The first kappa shape index (κ1) is 6.69. The second kappa shape index (κ2) is 2.56.